The minimum Gasteiger partial charge on any atom is -0.458 e. The molecule has 0 bridgehead atoms. The number of alkyl halides is 2. The van der Waals surface area contributed by atoms with Crippen LogP contribution in [0.25, 0.3) is 0 Å². The number of rotatable bonds is 5. The van der Waals surface area contributed by atoms with E-state index in [1.165, 1.54) is 14.2 Å². The number of hydrogen-bond acceptors (Lipinski definition) is 5. The monoisotopic (exact) mass is 300 g/mol. The molecule has 0 saturated carbocycles. The van der Waals surface area contributed by atoms with Crippen LogP contribution in [0.3, 0.4) is 0 Å². The summed E-state index contributed by atoms with van der Waals surface area (Å²) in [5.74, 6) is -1.93. The molecule has 0 aliphatic carbocycles. The smallest absolute Gasteiger partial charge is 0.339 e. The second-order valence-electron chi connectivity index (χ2n) is 4.40. The molecule has 1 fully saturated rings. The van der Waals surface area contributed by atoms with E-state index in [0.717, 1.165) is 0 Å². The van der Waals surface area contributed by atoms with Crippen molar-refractivity contribution < 1.29 is 23.7 Å². The van der Waals surface area contributed by atoms with Gasteiger partial charge >= 0.3 is 5.97 Å². The van der Waals surface area contributed by atoms with Crippen molar-refractivity contribution in [2.24, 2.45) is 5.92 Å². The van der Waals surface area contributed by atoms with Gasteiger partial charge in [-0.1, -0.05) is 30.1 Å². The maximum atomic E-state index is 11.3. The summed E-state index contributed by atoms with van der Waals surface area (Å²) in [5, 5.41) is 0. The molecule has 1 saturated heterocycles. The van der Waals surface area contributed by atoms with Crippen molar-refractivity contribution in [2.75, 3.05) is 14.2 Å². The average Bonchev–Trinajstić information content (AvgIpc) is 2.34. The Morgan fingerprint density at radius 1 is 1.33 bits per heavy atom. The van der Waals surface area contributed by atoms with Gasteiger partial charge in [0.15, 0.2) is 0 Å². The first kappa shape index (κ1) is 16.0. The van der Waals surface area contributed by atoms with Crippen molar-refractivity contribution >= 4 is 29.2 Å². The first-order chi connectivity index (χ1) is 8.23. The number of halogens is 2. The maximum absolute atomic E-state index is 11.3. The third-order valence-corrected chi connectivity index (χ3v) is 3.96. The number of ether oxygens (including phenoxy) is 4. The van der Waals surface area contributed by atoms with Crippen LogP contribution in [0.15, 0.2) is 0 Å². The van der Waals surface area contributed by atoms with Crippen molar-refractivity contribution in [1.29, 1.82) is 0 Å². The molecule has 0 aromatic rings. The van der Waals surface area contributed by atoms with Crippen LogP contribution in [-0.4, -0.2) is 42.7 Å². The fourth-order valence-corrected chi connectivity index (χ4v) is 2.18. The average molecular weight is 301 g/mol. The molecule has 0 aromatic carbocycles. The van der Waals surface area contributed by atoms with Gasteiger partial charge in [0.25, 0.3) is 5.97 Å². The zero-order valence-electron chi connectivity index (χ0n) is 11.0. The topological polar surface area (TPSA) is 54.0 Å². The van der Waals surface area contributed by atoms with E-state index in [-0.39, 0.29) is 5.92 Å². The molecule has 1 rings (SSSR count). The molecular weight excluding hydrogens is 283 g/mol. The lowest BCUT2D eigenvalue weighted by molar-refractivity contribution is -0.515. The summed E-state index contributed by atoms with van der Waals surface area (Å²) >= 11 is 10.9. The van der Waals surface area contributed by atoms with E-state index in [9.17, 15) is 4.79 Å². The normalized spacial score (nSPS) is 31.9. The summed E-state index contributed by atoms with van der Waals surface area (Å²) in [6.07, 6.45) is -0.529. The third-order valence-electron chi connectivity index (χ3n) is 3.60. The Morgan fingerprint density at radius 2 is 1.83 bits per heavy atom. The molecule has 5 nitrogen and oxygen atoms in total. The van der Waals surface area contributed by atoms with E-state index in [1.807, 2.05) is 13.8 Å². The predicted octanol–water partition coefficient (Wildman–Crippen LogP) is 2.09. The summed E-state index contributed by atoms with van der Waals surface area (Å²) in [6, 6.07) is 0. The Hall–Kier alpha value is -0.0700. The quantitative estimate of drug-likeness (QED) is 0.442. The Balaban J connectivity index is 2.71. The Bertz CT molecular complexity index is 319. The first-order valence-corrected chi connectivity index (χ1v) is 6.40. The molecule has 1 aliphatic heterocycles. The van der Waals surface area contributed by atoms with Gasteiger partial charge in [0.05, 0.1) is 5.92 Å². The fraction of sp³-hybridized carbons (Fsp3) is 0.909. The minimum absolute atomic E-state index is 0.132. The van der Waals surface area contributed by atoms with Crippen molar-refractivity contribution in [2.45, 2.75) is 43.3 Å². The molecule has 3 atom stereocenters. The second-order valence-corrected chi connectivity index (χ2v) is 5.50. The minimum atomic E-state index is -1.21. The summed E-state index contributed by atoms with van der Waals surface area (Å²) in [5.41, 5.74) is -0.718. The molecule has 1 aliphatic rings. The summed E-state index contributed by atoms with van der Waals surface area (Å²) in [4.78, 5) is 10.1. The Labute approximate surface area is 117 Å². The van der Waals surface area contributed by atoms with Gasteiger partial charge in [-0.3, -0.25) is 0 Å². The van der Waals surface area contributed by atoms with Gasteiger partial charge in [-0.25, -0.2) is 4.79 Å². The van der Waals surface area contributed by atoms with Crippen LogP contribution in [0, 0.1) is 5.92 Å². The van der Waals surface area contributed by atoms with Crippen LogP contribution in [0.1, 0.15) is 20.8 Å². The highest BCUT2D eigenvalue weighted by Crippen LogP contribution is 2.50. The summed E-state index contributed by atoms with van der Waals surface area (Å²) in [7, 11) is 2.98. The van der Waals surface area contributed by atoms with Crippen molar-refractivity contribution in [3.8, 4) is 0 Å². The molecular formula is C11H18Cl2O5. The highest BCUT2D eigenvalue weighted by molar-refractivity contribution is 6.52. The standard InChI is InChI=1S/C11H18Cl2O5/c1-6-10(3,18-11(6,15-4)16-5)7(2)17-9(14)8(12)13/h6-8H,1-5H3. The van der Waals surface area contributed by atoms with Crippen LogP contribution in [0.4, 0.5) is 0 Å². The van der Waals surface area contributed by atoms with E-state index in [2.05, 4.69) is 0 Å². The Morgan fingerprint density at radius 3 is 2.17 bits per heavy atom. The van der Waals surface area contributed by atoms with Crippen LogP contribution < -0.4 is 0 Å². The summed E-state index contributed by atoms with van der Waals surface area (Å²) in [6.45, 7) is 5.41. The van der Waals surface area contributed by atoms with Crippen LogP contribution >= 0.6 is 23.2 Å². The zero-order valence-corrected chi connectivity index (χ0v) is 12.5. The van der Waals surface area contributed by atoms with E-state index >= 15 is 0 Å². The van der Waals surface area contributed by atoms with Crippen molar-refractivity contribution in [1.82, 2.24) is 0 Å². The maximum Gasteiger partial charge on any atom is 0.339 e. The van der Waals surface area contributed by atoms with Gasteiger partial charge in [-0.15, -0.1) is 0 Å². The number of carbonyl (C=O) groups is 1. The van der Waals surface area contributed by atoms with Gasteiger partial charge in [-0.05, 0) is 13.8 Å². The number of methoxy groups -OCH3 is 2. The fourth-order valence-electron chi connectivity index (χ4n) is 2.07. The molecule has 106 valence electrons. The number of esters is 1. The Kier molecular flexibility index (Phi) is 4.89. The van der Waals surface area contributed by atoms with Crippen LogP contribution in [0.2, 0.25) is 0 Å². The van der Waals surface area contributed by atoms with Crippen molar-refractivity contribution in [3.05, 3.63) is 0 Å². The molecule has 7 heteroatoms. The highest BCUT2D eigenvalue weighted by atomic mass is 35.5. The van der Waals surface area contributed by atoms with Gasteiger partial charge in [0.1, 0.15) is 11.7 Å². The second kappa shape index (κ2) is 5.51. The third kappa shape index (κ3) is 2.47. The lowest BCUT2D eigenvalue weighted by Crippen LogP contribution is -2.72. The van der Waals surface area contributed by atoms with Crippen molar-refractivity contribution in [3.63, 3.8) is 0 Å². The predicted molar refractivity (Wildman–Crippen MR) is 66.5 cm³/mol. The SMILES string of the molecule is COC1(OC)OC(C)(C(C)OC(=O)C(Cl)Cl)C1C. The molecule has 0 aromatic heterocycles. The van der Waals surface area contributed by atoms with Crippen LogP contribution in [0.5, 0.6) is 0 Å². The van der Waals surface area contributed by atoms with E-state index in [1.54, 1.807) is 6.92 Å². The molecule has 18 heavy (non-hydrogen) atoms. The van der Waals surface area contributed by atoms with Gasteiger partial charge < -0.3 is 18.9 Å². The molecule has 0 N–H and O–H groups in total. The van der Waals surface area contributed by atoms with E-state index < -0.39 is 28.5 Å². The van der Waals surface area contributed by atoms with Gasteiger partial charge in [-0.2, -0.15) is 0 Å². The largest absolute Gasteiger partial charge is 0.458 e. The number of carbonyl (C=O) groups excluding carboxylic acids is 1. The first-order valence-electron chi connectivity index (χ1n) is 5.52. The summed E-state index contributed by atoms with van der Waals surface area (Å²) < 4.78 is 21.2. The molecule has 0 amide bonds. The van der Waals surface area contributed by atoms with Gasteiger partial charge in [0, 0.05) is 14.2 Å². The zero-order chi connectivity index (χ0) is 14.1. The lowest BCUT2D eigenvalue weighted by Gasteiger charge is -2.58. The molecule has 1 heterocycles. The van der Waals surface area contributed by atoms with Gasteiger partial charge in [0.2, 0.25) is 4.84 Å². The molecule has 0 spiro atoms. The number of hydrogen-bond donors (Lipinski definition) is 0. The lowest BCUT2D eigenvalue weighted by atomic mass is 9.78. The van der Waals surface area contributed by atoms with Crippen LogP contribution in [-0.2, 0) is 23.7 Å². The van der Waals surface area contributed by atoms with E-state index in [0.29, 0.717) is 0 Å². The van der Waals surface area contributed by atoms with E-state index in [4.69, 9.17) is 42.1 Å². The highest BCUT2D eigenvalue weighted by Gasteiger charge is 2.65. The molecule has 0 radical (unpaired) electrons. The molecule has 3 unspecified atom stereocenters.